The Morgan fingerprint density at radius 1 is 1.46 bits per heavy atom. The van der Waals surface area contributed by atoms with Gasteiger partial charge in [0.25, 0.3) is 11.5 Å². The van der Waals surface area contributed by atoms with Crippen LogP contribution in [0.25, 0.3) is 11.0 Å². The first-order valence-electron chi connectivity index (χ1n) is 6.91. The lowest BCUT2D eigenvalue weighted by Gasteiger charge is -2.09. The van der Waals surface area contributed by atoms with E-state index < -0.39 is 16.4 Å². The van der Waals surface area contributed by atoms with Gasteiger partial charge in [0, 0.05) is 18.1 Å². The fourth-order valence-corrected chi connectivity index (χ4v) is 2.86. The van der Waals surface area contributed by atoms with Gasteiger partial charge in [-0.25, -0.2) is 9.97 Å². The second-order valence-electron chi connectivity index (χ2n) is 4.74. The van der Waals surface area contributed by atoms with Gasteiger partial charge in [-0.2, -0.15) is 0 Å². The fraction of sp³-hybridized carbons (Fsp3) is 0.143. The maximum atomic E-state index is 12.5. The second-order valence-corrected chi connectivity index (χ2v) is 5.75. The number of carbonyl (C=O) groups excluding carboxylic acids is 1. The summed E-state index contributed by atoms with van der Waals surface area (Å²) in [7, 11) is 0. The molecule has 0 aliphatic heterocycles. The van der Waals surface area contributed by atoms with Gasteiger partial charge in [0.05, 0.1) is 4.92 Å². The number of hydrogen-bond donors (Lipinski definition) is 1. The number of amides is 1. The van der Waals surface area contributed by atoms with Crippen LogP contribution in [-0.2, 0) is 6.54 Å². The quantitative estimate of drug-likeness (QED) is 0.570. The van der Waals surface area contributed by atoms with E-state index in [1.54, 1.807) is 25.3 Å². The van der Waals surface area contributed by atoms with Crippen molar-refractivity contribution in [2.24, 2.45) is 0 Å². The summed E-state index contributed by atoms with van der Waals surface area (Å²) in [5.41, 5.74) is -0.0612. The number of carbonyl (C=O) groups is 1. The molecule has 9 nitrogen and oxygen atoms in total. The first-order chi connectivity index (χ1) is 11.5. The Balaban J connectivity index is 2.01. The molecule has 0 aliphatic rings. The third kappa shape index (κ3) is 2.74. The number of hydrogen-bond acceptors (Lipinski definition) is 7. The second kappa shape index (κ2) is 6.16. The average molecular weight is 345 g/mol. The molecule has 0 bridgehead atoms. The van der Waals surface area contributed by atoms with E-state index in [2.05, 4.69) is 15.3 Å². The molecule has 10 heteroatoms. The highest BCUT2D eigenvalue weighted by Gasteiger charge is 2.18. The third-order valence-electron chi connectivity index (χ3n) is 3.30. The number of nitrogens with one attached hydrogen (secondary N) is 1. The topological polar surface area (TPSA) is 120 Å². The van der Waals surface area contributed by atoms with Gasteiger partial charge in [-0.15, -0.1) is 0 Å². The average Bonchev–Trinajstić information content (AvgIpc) is 3.03. The van der Waals surface area contributed by atoms with E-state index in [-0.39, 0.29) is 15.7 Å². The number of rotatable bonds is 4. The molecule has 0 radical (unpaired) electrons. The van der Waals surface area contributed by atoms with Gasteiger partial charge in [-0.1, -0.05) is 0 Å². The van der Waals surface area contributed by atoms with Crippen LogP contribution in [0, 0.1) is 10.1 Å². The molecule has 0 atom stereocenters. The number of thiazole rings is 1. The third-order valence-corrected chi connectivity index (χ3v) is 4.17. The monoisotopic (exact) mass is 345 g/mol. The van der Waals surface area contributed by atoms with Crippen molar-refractivity contribution in [3.05, 3.63) is 56.6 Å². The van der Waals surface area contributed by atoms with Crippen molar-refractivity contribution in [1.29, 1.82) is 0 Å². The van der Waals surface area contributed by atoms with E-state index >= 15 is 0 Å². The van der Waals surface area contributed by atoms with Crippen molar-refractivity contribution in [2.45, 2.75) is 13.5 Å². The summed E-state index contributed by atoms with van der Waals surface area (Å²) in [6, 6.07) is 4.91. The van der Waals surface area contributed by atoms with Crippen molar-refractivity contribution < 1.29 is 9.72 Å². The fourth-order valence-electron chi connectivity index (χ4n) is 2.23. The van der Waals surface area contributed by atoms with E-state index in [1.807, 2.05) is 0 Å². The van der Waals surface area contributed by atoms with Crippen molar-refractivity contribution in [3.63, 3.8) is 0 Å². The number of aryl methyl sites for hydroxylation is 1. The predicted octanol–water partition coefficient (Wildman–Crippen LogP) is 2.03. The molecule has 3 heterocycles. The van der Waals surface area contributed by atoms with Crippen molar-refractivity contribution in [3.8, 4) is 0 Å². The zero-order valence-corrected chi connectivity index (χ0v) is 13.2. The van der Waals surface area contributed by atoms with Gasteiger partial charge >= 0.3 is 5.00 Å². The summed E-state index contributed by atoms with van der Waals surface area (Å²) in [6.45, 7) is 2.14. The van der Waals surface area contributed by atoms with Crippen LogP contribution < -0.4 is 10.9 Å². The summed E-state index contributed by atoms with van der Waals surface area (Å²) in [5.74, 6) is -0.669. The summed E-state index contributed by atoms with van der Waals surface area (Å²) < 4.78 is 1.40. The first kappa shape index (κ1) is 15.7. The number of nitrogens with zero attached hydrogens (tertiary/aromatic N) is 4. The zero-order valence-electron chi connectivity index (χ0n) is 12.4. The molecule has 0 saturated carbocycles. The van der Waals surface area contributed by atoms with E-state index in [1.165, 1.54) is 10.6 Å². The summed E-state index contributed by atoms with van der Waals surface area (Å²) in [4.78, 5) is 42.9. The molecule has 0 saturated heterocycles. The van der Waals surface area contributed by atoms with Crippen LogP contribution in [0.1, 0.15) is 17.3 Å². The maximum absolute atomic E-state index is 12.5. The number of aromatic nitrogens is 3. The van der Waals surface area contributed by atoms with E-state index in [9.17, 15) is 19.7 Å². The number of fused-ring (bicyclic) bond motifs is 1. The van der Waals surface area contributed by atoms with Crippen LogP contribution in [0.15, 0.2) is 35.4 Å². The lowest BCUT2D eigenvalue weighted by Crippen LogP contribution is -2.29. The molecule has 3 aromatic rings. The predicted molar refractivity (Wildman–Crippen MR) is 88.4 cm³/mol. The minimum Gasteiger partial charge on any atom is -0.297 e. The van der Waals surface area contributed by atoms with Crippen LogP contribution in [0.4, 0.5) is 10.1 Å². The highest BCUT2D eigenvalue weighted by molar-refractivity contribution is 7.18. The van der Waals surface area contributed by atoms with Crippen LogP contribution >= 0.6 is 11.3 Å². The van der Waals surface area contributed by atoms with Crippen LogP contribution in [0.2, 0.25) is 0 Å². The standard InChI is InChI=1S/C14H11N5O4S/c1-2-18-11-8(4-3-5-15-11)6-9(13(18)21)12(20)17-14-16-7-10(24-14)19(22)23/h3-7H,2H2,1H3,(H,16,17,20). The molecule has 3 aromatic heterocycles. The van der Waals surface area contributed by atoms with Crippen LogP contribution in [0.3, 0.4) is 0 Å². The van der Waals surface area contributed by atoms with Crippen LogP contribution in [-0.4, -0.2) is 25.4 Å². The largest absolute Gasteiger partial charge is 0.345 e. The number of nitro groups is 1. The number of anilines is 1. The Kier molecular flexibility index (Phi) is 4.04. The first-order valence-corrected chi connectivity index (χ1v) is 7.73. The number of pyridine rings is 2. The molecule has 0 spiro atoms. The molecule has 0 fully saturated rings. The molecule has 1 amide bonds. The Bertz CT molecular complexity index is 1010. The summed E-state index contributed by atoms with van der Waals surface area (Å²) in [6.07, 6.45) is 2.62. The Hall–Kier alpha value is -3.14. The van der Waals surface area contributed by atoms with Gasteiger partial charge in [-0.3, -0.25) is 29.6 Å². The van der Waals surface area contributed by atoms with Crippen molar-refractivity contribution in [1.82, 2.24) is 14.5 Å². The van der Waals surface area contributed by atoms with Gasteiger partial charge in [0.2, 0.25) is 0 Å². The summed E-state index contributed by atoms with van der Waals surface area (Å²) in [5, 5.41) is 13.6. The molecule has 0 aliphatic carbocycles. The van der Waals surface area contributed by atoms with E-state index in [0.29, 0.717) is 17.6 Å². The SMILES string of the molecule is CCn1c(=O)c(C(=O)Nc2ncc([N+](=O)[O-])s2)cc2cccnc21. The van der Waals surface area contributed by atoms with Crippen LogP contribution in [0.5, 0.6) is 0 Å². The smallest absolute Gasteiger partial charge is 0.297 e. The molecule has 3 rings (SSSR count). The zero-order chi connectivity index (χ0) is 17.3. The molecular formula is C14H11N5O4S. The maximum Gasteiger partial charge on any atom is 0.345 e. The Labute approximate surface area is 138 Å². The highest BCUT2D eigenvalue weighted by Crippen LogP contribution is 2.25. The molecular weight excluding hydrogens is 334 g/mol. The van der Waals surface area contributed by atoms with Crippen molar-refractivity contribution >= 4 is 38.4 Å². The lowest BCUT2D eigenvalue weighted by molar-refractivity contribution is -0.380. The Morgan fingerprint density at radius 3 is 2.92 bits per heavy atom. The van der Waals surface area contributed by atoms with E-state index in [0.717, 1.165) is 17.5 Å². The van der Waals surface area contributed by atoms with E-state index in [4.69, 9.17) is 0 Å². The van der Waals surface area contributed by atoms with Gasteiger partial charge in [0.1, 0.15) is 17.4 Å². The minimum atomic E-state index is -0.669. The Morgan fingerprint density at radius 2 is 2.25 bits per heavy atom. The summed E-state index contributed by atoms with van der Waals surface area (Å²) >= 11 is 0.720. The lowest BCUT2D eigenvalue weighted by atomic mass is 10.2. The normalized spacial score (nSPS) is 10.7. The molecule has 1 N–H and O–H groups in total. The van der Waals surface area contributed by atoms with Crippen molar-refractivity contribution in [2.75, 3.05) is 5.32 Å². The highest BCUT2D eigenvalue weighted by atomic mass is 32.1. The van der Waals surface area contributed by atoms with Gasteiger partial charge < -0.3 is 0 Å². The molecule has 0 unspecified atom stereocenters. The van der Waals surface area contributed by atoms with Gasteiger partial charge in [0.15, 0.2) is 5.13 Å². The molecule has 122 valence electrons. The van der Waals surface area contributed by atoms with Gasteiger partial charge in [-0.05, 0) is 36.5 Å². The molecule has 24 heavy (non-hydrogen) atoms. The molecule has 0 aromatic carbocycles. The minimum absolute atomic E-state index is 0.0560.